The number of hydrogen-bond donors (Lipinski definition) is 2. The van der Waals surface area contributed by atoms with E-state index in [4.69, 9.17) is 26.6 Å². The molecule has 2 aromatic heterocycles. The summed E-state index contributed by atoms with van der Waals surface area (Å²) in [7, 11) is 1.56. The molecule has 20 heavy (non-hydrogen) atoms. The second-order valence-electron chi connectivity index (χ2n) is 3.97. The number of H-pyrrole nitrogens is 1. The summed E-state index contributed by atoms with van der Waals surface area (Å²) in [6.45, 7) is 0. The summed E-state index contributed by atoms with van der Waals surface area (Å²) in [6, 6.07) is 5.20. The van der Waals surface area contributed by atoms with Crippen LogP contribution in [0.2, 0.25) is 5.02 Å². The first-order valence-electron chi connectivity index (χ1n) is 5.66. The van der Waals surface area contributed by atoms with Gasteiger partial charge in [0.2, 0.25) is 5.88 Å². The molecule has 1 aromatic carbocycles. The number of aromatic amines is 1. The Morgan fingerprint density at radius 3 is 2.95 bits per heavy atom. The first-order chi connectivity index (χ1) is 9.70. The molecule has 0 atom stereocenters. The minimum absolute atomic E-state index is 0.156. The van der Waals surface area contributed by atoms with Crippen LogP contribution < -0.4 is 10.5 Å². The maximum atomic E-state index is 6.04. The van der Waals surface area contributed by atoms with E-state index in [-0.39, 0.29) is 5.88 Å². The Balaban J connectivity index is 2.25. The van der Waals surface area contributed by atoms with Gasteiger partial charge in [0.05, 0.1) is 18.9 Å². The number of methoxy groups -OCH3 is 1. The summed E-state index contributed by atoms with van der Waals surface area (Å²) in [5.74, 6) is 0.762. The fraction of sp³-hybridized carbons (Fsp3) is 0.0833. The van der Waals surface area contributed by atoms with Gasteiger partial charge in [-0.3, -0.25) is 0 Å². The zero-order chi connectivity index (χ0) is 14.1. The highest BCUT2D eigenvalue weighted by Crippen LogP contribution is 2.41. The molecule has 3 rings (SSSR count). The van der Waals surface area contributed by atoms with Crippen LogP contribution in [0.5, 0.6) is 5.75 Å². The zero-order valence-electron chi connectivity index (χ0n) is 10.4. The van der Waals surface area contributed by atoms with E-state index in [0.29, 0.717) is 33.3 Å². The average Bonchev–Trinajstić information content (AvgIpc) is 3.07. The van der Waals surface area contributed by atoms with Crippen LogP contribution in [0.15, 0.2) is 28.9 Å². The molecule has 102 valence electrons. The zero-order valence-corrected chi connectivity index (χ0v) is 11.2. The monoisotopic (exact) mass is 291 g/mol. The van der Waals surface area contributed by atoms with Crippen molar-refractivity contribution in [2.75, 3.05) is 12.8 Å². The molecule has 0 aliphatic carbocycles. The quantitative estimate of drug-likeness (QED) is 0.768. The maximum absolute atomic E-state index is 6.04. The van der Waals surface area contributed by atoms with Crippen LogP contribution in [-0.2, 0) is 0 Å². The Labute approximate surface area is 118 Å². The summed E-state index contributed by atoms with van der Waals surface area (Å²) < 4.78 is 10.4. The van der Waals surface area contributed by atoms with Crippen LogP contribution >= 0.6 is 11.6 Å². The molecule has 7 nitrogen and oxygen atoms in total. The van der Waals surface area contributed by atoms with Crippen molar-refractivity contribution >= 4 is 17.5 Å². The van der Waals surface area contributed by atoms with E-state index in [9.17, 15) is 0 Å². The van der Waals surface area contributed by atoms with Crippen LogP contribution in [0.3, 0.4) is 0 Å². The van der Waals surface area contributed by atoms with Crippen LogP contribution in [0.4, 0.5) is 5.88 Å². The molecule has 0 saturated heterocycles. The van der Waals surface area contributed by atoms with E-state index in [0.717, 1.165) is 0 Å². The summed E-state index contributed by atoms with van der Waals surface area (Å²) in [6.07, 6.45) is 1.53. The number of nitrogens with one attached hydrogen (secondary N) is 1. The van der Waals surface area contributed by atoms with E-state index >= 15 is 0 Å². The summed E-state index contributed by atoms with van der Waals surface area (Å²) in [5, 5.41) is 14.7. The number of benzene rings is 1. The lowest BCUT2D eigenvalue weighted by Gasteiger charge is -2.08. The molecular formula is C12H10ClN5O2. The Kier molecular flexibility index (Phi) is 3.03. The molecule has 8 heteroatoms. The Bertz CT molecular complexity index is 738. The van der Waals surface area contributed by atoms with Crippen molar-refractivity contribution in [1.82, 2.24) is 20.6 Å². The highest BCUT2D eigenvalue weighted by molar-refractivity contribution is 6.31. The number of hydrogen-bond acceptors (Lipinski definition) is 6. The van der Waals surface area contributed by atoms with Crippen LogP contribution in [0.1, 0.15) is 0 Å². The van der Waals surface area contributed by atoms with Crippen LogP contribution in [0, 0.1) is 0 Å². The van der Waals surface area contributed by atoms with Gasteiger partial charge in [0.15, 0.2) is 0 Å². The Morgan fingerprint density at radius 1 is 1.40 bits per heavy atom. The highest BCUT2D eigenvalue weighted by atomic mass is 35.5. The number of halogens is 1. The van der Waals surface area contributed by atoms with Gasteiger partial charge >= 0.3 is 0 Å². The lowest BCUT2D eigenvalue weighted by molar-refractivity contribution is 0.416. The van der Waals surface area contributed by atoms with Gasteiger partial charge in [-0.2, -0.15) is 15.4 Å². The van der Waals surface area contributed by atoms with E-state index in [1.54, 1.807) is 25.3 Å². The second kappa shape index (κ2) is 4.86. The molecule has 0 radical (unpaired) electrons. The van der Waals surface area contributed by atoms with Gasteiger partial charge in [0.25, 0.3) is 0 Å². The molecule has 0 spiro atoms. The minimum Gasteiger partial charge on any atom is -0.496 e. The standard InChI is InChI=1S/C12H10ClN5O2/c1-19-9-3-2-6(13)4-7(9)10-11(17-20-12(10)14)8-5-15-18-16-8/h2-5H,14H2,1H3,(H,15,16,18). The maximum Gasteiger partial charge on any atom is 0.230 e. The van der Waals surface area contributed by atoms with Gasteiger partial charge in [-0.15, -0.1) is 0 Å². The van der Waals surface area contributed by atoms with Gasteiger partial charge < -0.3 is 15.0 Å². The van der Waals surface area contributed by atoms with Gasteiger partial charge in [-0.25, -0.2) is 0 Å². The predicted octanol–water partition coefficient (Wildman–Crippen LogP) is 2.37. The van der Waals surface area contributed by atoms with Crippen molar-refractivity contribution < 1.29 is 9.26 Å². The van der Waals surface area contributed by atoms with Crippen molar-refractivity contribution in [3.05, 3.63) is 29.4 Å². The largest absolute Gasteiger partial charge is 0.496 e. The van der Waals surface area contributed by atoms with E-state index in [1.165, 1.54) is 6.20 Å². The minimum atomic E-state index is 0.156. The molecule has 0 unspecified atom stereocenters. The van der Waals surface area contributed by atoms with Crippen molar-refractivity contribution in [2.24, 2.45) is 0 Å². The van der Waals surface area contributed by atoms with Crippen molar-refractivity contribution in [1.29, 1.82) is 0 Å². The van der Waals surface area contributed by atoms with Crippen molar-refractivity contribution in [2.45, 2.75) is 0 Å². The Morgan fingerprint density at radius 2 is 2.25 bits per heavy atom. The Hall–Kier alpha value is -2.54. The first-order valence-corrected chi connectivity index (χ1v) is 6.03. The normalized spacial score (nSPS) is 10.7. The van der Waals surface area contributed by atoms with Gasteiger partial charge in [0.1, 0.15) is 17.1 Å². The summed E-state index contributed by atoms with van der Waals surface area (Å²) in [5.41, 5.74) is 8.10. The van der Waals surface area contributed by atoms with Crippen molar-refractivity contribution in [3.8, 4) is 28.3 Å². The van der Waals surface area contributed by atoms with Gasteiger partial charge in [-0.1, -0.05) is 16.8 Å². The number of nitrogens with zero attached hydrogens (tertiary/aromatic N) is 3. The summed E-state index contributed by atoms with van der Waals surface area (Å²) >= 11 is 6.04. The number of nitrogens with two attached hydrogens (primary N) is 1. The topological polar surface area (TPSA) is 103 Å². The SMILES string of the molecule is COc1ccc(Cl)cc1-c1c(-c2cn[nH]n2)noc1N. The van der Waals surface area contributed by atoms with Crippen LogP contribution in [-0.4, -0.2) is 27.7 Å². The average molecular weight is 292 g/mol. The van der Waals surface area contributed by atoms with E-state index in [2.05, 4.69) is 20.6 Å². The number of aromatic nitrogens is 4. The third-order valence-corrected chi connectivity index (χ3v) is 3.04. The molecule has 2 heterocycles. The molecular weight excluding hydrogens is 282 g/mol. The molecule has 0 bridgehead atoms. The lowest BCUT2D eigenvalue weighted by Crippen LogP contribution is -1.92. The molecule has 0 amide bonds. The van der Waals surface area contributed by atoms with E-state index < -0.39 is 0 Å². The van der Waals surface area contributed by atoms with Gasteiger partial charge in [0, 0.05) is 10.6 Å². The number of rotatable bonds is 3. The van der Waals surface area contributed by atoms with Gasteiger partial charge in [-0.05, 0) is 18.2 Å². The number of nitrogen functional groups attached to an aromatic ring is 1. The van der Waals surface area contributed by atoms with Crippen molar-refractivity contribution in [3.63, 3.8) is 0 Å². The number of anilines is 1. The molecule has 3 aromatic rings. The highest BCUT2D eigenvalue weighted by Gasteiger charge is 2.22. The third-order valence-electron chi connectivity index (χ3n) is 2.81. The molecule has 0 fully saturated rings. The fourth-order valence-electron chi connectivity index (χ4n) is 1.93. The van der Waals surface area contributed by atoms with Crippen LogP contribution in [0.25, 0.3) is 22.5 Å². The predicted molar refractivity (Wildman–Crippen MR) is 73.3 cm³/mol. The molecule has 0 aliphatic heterocycles. The first kappa shape index (κ1) is 12.5. The molecule has 3 N–H and O–H groups in total. The van der Waals surface area contributed by atoms with E-state index in [1.807, 2.05) is 0 Å². The lowest BCUT2D eigenvalue weighted by atomic mass is 10.0. The smallest absolute Gasteiger partial charge is 0.230 e. The third kappa shape index (κ3) is 1.97. The fourth-order valence-corrected chi connectivity index (χ4v) is 2.10. The molecule has 0 aliphatic rings. The second-order valence-corrected chi connectivity index (χ2v) is 4.41. The molecule has 0 saturated carbocycles. The summed E-state index contributed by atoms with van der Waals surface area (Å²) in [4.78, 5) is 0. The number of ether oxygens (including phenoxy) is 1.